The SMILES string of the molecule is CCCN(C)C1=C(C(=O)OCC)N2C(=O)[C@](C)([C@@H](C)O)C2S1. The Morgan fingerprint density at radius 1 is 1.55 bits per heavy atom. The number of nitrogens with zero attached hydrogens (tertiary/aromatic N) is 2. The van der Waals surface area contributed by atoms with Crippen LogP contribution in [0.4, 0.5) is 0 Å². The second-order valence-electron chi connectivity index (χ2n) is 5.90. The molecule has 6 nitrogen and oxygen atoms in total. The van der Waals surface area contributed by atoms with Crippen molar-refractivity contribution in [1.82, 2.24) is 9.80 Å². The number of carbonyl (C=O) groups excluding carboxylic acids is 2. The zero-order valence-corrected chi connectivity index (χ0v) is 14.6. The molecule has 1 fully saturated rings. The Bertz CT molecular complexity index is 520. The second-order valence-corrected chi connectivity index (χ2v) is 6.97. The molecule has 0 saturated carbocycles. The maximum Gasteiger partial charge on any atom is 0.357 e. The van der Waals surface area contributed by atoms with Crippen LogP contribution in [0.5, 0.6) is 0 Å². The number of hydrogen-bond acceptors (Lipinski definition) is 6. The van der Waals surface area contributed by atoms with Crippen LogP contribution < -0.4 is 0 Å². The molecule has 0 aromatic carbocycles. The van der Waals surface area contributed by atoms with E-state index in [4.69, 9.17) is 4.74 Å². The Morgan fingerprint density at radius 3 is 2.68 bits per heavy atom. The van der Waals surface area contributed by atoms with Gasteiger partial charge in [-0.05, 0) is 27.2 Å². The maximum absolute atomic E-state index is 12.5. The standard InChI is InChI=1S/C15H24N2O4S/c1-6-8-16(5)11-10(12(19)21-7-2)17-13(20)15(4,9(3)18)14(17)22-11/h9,14,18H,6-8H2,1-5H3/t9-,14?,15+/m1/s1. The number of aliphatic hydroxyl groups excluding tert-OH is 1. The van der Waals surface area contributed by atoms with Crippen LogP contribution in [0, 0.1) is 5.41 Å². The third-order valence-corrected chi connectivity index (χ3v) is 5.99. The highest BCUT2D eigenvalue weighted by molar-refractivity contribution is 8.04. The van der Waals surface area contributed by atoms with Crippen molar-refractivity contribution in [2.45, 2.75) is 45.6 Å². The molecule has 1 N–H and O–H groups in total. The summed E-state index contributed by atoms with van der Waals surface area (Å²) in [6, 6.07) is 0. The highest BCUT2D eigenvalue weighted by Crippen LogP contribution is 2.57. The van der Waals surface area contributed by atoms with Gasteiger partial charge in [0.15, 0.2) is 5.70 Å². The minimum Gasteiger partial charge on any atom is -0.461 e. The van der Waals surface area contributed by atoms with Crippen molar-refractivity contribution in [2.75, 3.05) is 20.2 Å². The van der Waals surface area contributed by atoms with Gasteiger partial charge >= 0.3 is 5.97 Å². The first-order valence-corrected chi connectivity index (χ1v) is 8.49. The highest BCUT2D eigenvalue weighted by Gasteiger charge is 2.66. The number of hydrogen-bond donors (Lipinski definition) is 1. The van der Waals surface area contributed by atoms with Crippen LogP contribution in [0.3, 0.4) is 0 Å². The first kappa shape index (κ1) is 17.1. The average Bonchev–Trinajstić information content (AvgIpc) is 2.84. The molecule has 7 heteroatoms. The third kappa shape index (κ3) is 2.31. The molecule has 0 radical (unpaired) electrons. The first-order valence-electron chi connectivity index (χ1n) is 7.61. The van der Waals surface area contributed by atoms with E-state index in [0.29, 0.717) is 5.70 Å². The smallest absolute Gasteiger partial charge is 0.357 e. The number of esters is 1. The molecule has 2 aliphatic rings. The zero-order valence-electron chi connectivity index (χ0n) is 13.8. The number of fused-ring (bicyclic) bond motifs is 1. The van der Waals surface area contributed by atoms with Gasteiger partial charge in [0.05, 0.1) is 12.7 Å². The fourth-order valence-corrected chi connectivity index (χ4v) is 4.44. The molecule has 1 amide bonds. The molecule has 0 bridgehead atoms. The predicted octanol–water partition coefficient (Wildman–Crippen LogP) is 1.36. The van der Waals surface area contributed by atoms with Crippen molar-refractivity contribution in [3.05, 3.63) is 10.7 Å². The molecule has 1 unspecified atom stereocenters. The number of amides is 1. The highest BCUT2D eigenvalue weighted by atomic mass is 32.2. The number of β-lactam (4-membered cyclic amide) rings is 1. The predicted molar refractivity (Wildman–Crippen MR) is 84.6 cm³/mol. The van der Waals surface area contributed by atoms with Crippen LogP contribution in [0.1, 0.15) is 34.1 Å². The maximum atomic E-state index is 12.5. The molecule has 1 saturated heterocycles. The molecule has 0 aromatic rings. The lowest BCUT2D eigenvalue weighted by Gasteiger charge is -2.51. The summed E-state index contributed by atoms with van der Waals surface area (Å²) in [7, 11) is 1.90. The van der Waals surface area contributed by atoms with Gasteiger partial charge in [0, 0.05) is 13.6 Å². The Balaban J connectivity index is 2.37. The van der Waals surface area contributed by atoms with Gasteiger partial charge in [-0.25, -0.2) is 4.79 Å². The van der Waals surface area contributed by atoms with Gasteiger partial charge in [-0.1, -0.05) is 18.7 Å². The number of rotatable bonds is 6. The Labute approximate surface area is 135 Å². The van der Waals surface area contributed by atoms with Gasteiger partial charge in [0.1, 0.15) is 15.8 Å². The average molecular weight is 328 g/mol. The number of aliphatic hydroxyl groups is 1. The molecule has 3 atom stereocenters. The van der Waals surface area contributed by atoms with E-state index in [0.717, 1.165) is 18.0 Å². The quantitative estimate of drug-likeness (QED) is 0.586. The summed E-state index contributed by atoms with van der Waals surface area (Å²) < 4.78 is 5.12. The van der Waals surface area contributed by atoms with E-state index < -0.39 is 17.5 Å². The lowest BCUT2D eigenvalue weighted by atomic mass is 9.75. The Kier molecular flexibility index (Phi) is 4.77. The normalized spacial score (nSPS) is 28.4. The molecule has 0 aliphatic carbocycles. The first-order chi connectivity index (χ1) is 10.3. The van der Waals surface area contributed by atoms with Gasteiger partial charge in [0.2, 0.25) is 5.91 Å². The summed E-state index contributed by atoms with van der Waals surface area (Å²) in [4.78, 5) is 28.3. The summed E-state index contributed by atoms with van der Waals surface area (Å²) in [6.45, 7) is 8.21. The van der Waals surface area contributed by atoms with Gasteiger partial charge in [-0.2, -0.15) is 0 Å². The fraction of sp³-hybridized carbons (Fsp3) is 0.733. The van der Waals surface area contributed by atoms with Crippen molar-refractivity contribution < 1.29 is 19.4 Å². The molecule has 2 rings (SSSR count). The molecule has 2 aliphatic heterocycles. The summed E-state index contributed by atoms with van der Waals surface area (Å²) in [5, 5.41) is 10.5. The number of carbonyl (C=O) groups is 2. The van der Waals surface area contributed by atoms with Crippen LogP contribution in [-0.4, -0.2) is 58.5 Å². The lowest BCUT2D eigenvalue weighted by molar-refractivity contribution is -0.171. The third-order valence-electron chi connectivity index (χ3n) is 4.34. The summed E-state index contributed by atoms with van der Waals surface area (Å²) in [5.41, 5.74) is -0.548. The number of thioether (sulfide) groups is 1. The summed E-state index contributed by atoms with van der Waals surface area (Å²) in [5.74, 6) is -0.695. The topological polar surface area (TPSA) is 70.1 Å². The molecular weight excluding hydrogens is 304 g/mol. The van der Waals surface area contributed by atoms with E-state index in [1.807, 2.05) is 11.9 Å². The van der Waals surface area contributed by atoms with Gasteiger partial charge in [0.25, 0.3) is 0 Å². The minimum atomic E-state index is -0.864. The van der Waals surface area contributed by atoms with Crippen LogP contribution in [0.2, 0.25) is 0 Å². The second kappa shape index (κ2) is 6.12. The van der Waals surface area contributed by atoms with Crippen LogP contribution in [0.15, 0.2) is 10.7 Å². The molecule has 22 heavy (non-hydrogen) atoms. The van der Waals surface area contributed by atoms with Crippen molar-refractivity contribution in [2.24, 2.45) is 5.41 Å². The zero-order chi connectivity index (χ0) is 16.7. The van der Waals surface area contributed by atoms with E-state index in [1.54, 1.807) is 20.8 Å². The summed E-state index contributed by atoms with van der Waals surface area (Å²) >= 11 is 1.46. The van der Waals surface area contributed by atoms with Crippen LogP contribution in [0.25, 0.3) is 0 Å². The molecule has 0 aromatic heterocycles. The van der Waals surface area contributed by atoms with E-state index >= 15 is 0 Å². The van der Waals surface area contributed by atoms with Gasteiger partial charge < -0.3 is 14.7 Å². The monoisotopic (exact) mass is 328 g/mol. The van der Waals surface area contributed by atoms with E-state index in [9.17, 15) is 14.7 Å². The Hall–Kier alpha value is -1.21. The largest absolute Gasteiger partial charge is 0.461 e. The molecule has 124 valence electrons. The van der Waals surface area contributed by atoms with E-state index in [2.05, 4.69) is 6.92 Å². The summed E-state index contributed by atoms with van der Waals surface area (Å²) in [6.07, 6.45) is 0.163. The van der Waals surface area contributed by atoms with Crippen molar-refractivity contribution in [3.8, 4) is 0 Å². The van der Waals surface area contributed by atoms with Crippen molar-refractivity contribution in [3.63, 3.8) is 0 Å². The van der Waals surface area contributed by atoms with E-state index in [1.165, 1.54) is 16.7 Å². The number of ether oxygens (including phenoxy) is 1. The van der Waals surface area contributed by atoms with Gasteiger partial charge in [-0.3, -0.25) is 9.69 Å². The van der Waals surface area contributed by atoms with E-state index in [-0.39, 0.29) is 17.9 Å². The van der Waals surface area contributed by atoms with Gasteiger partial charge in [-0.15, -0.1) is 0 Å². The molecule has 0 spiro atoms. The fourth-order valence-electron chi connectivity index (χ4n) is 2.81. The lowest BCUT2D eigenvalue weighted by Crippen LogP contribution is -2.68. The molecular formula is C15H24N2O4S. The minimum absolute atomic E-state index is 0.219. The molecule has 2 heterocycles. The van der Waals surface area contributed by atoms with Crippen LogP contribution in [-0.2, 0) is 14.3 Å². The van der Waals surface area contributed by atoms with Crippen molar-refractivity contribution in [1.29, 1.82) is 0 Å². The van der Waals surface area contributed by atoms with Crippen LogP contribution >= 0.6 is 11.8 Å². The van der Waals surface area contributed by atoms with Crippen molar-refractivity contribution >= 4 is 23.6 Å². The Morgan fingerprint density at radius 2 is 2.18 bits per heavy atom.